The van der Waals surface area contributed by atoms with Crippen LogP contribution in [0.3, 0.4) is 0 Å². The Balaban J connectivity index is 1.80. The highest BCUT2D eigenvalue weighted by Crippen LogP contribution is 2.33. The van der Waals surface area contributed by atoms with E-state index in [1.165, 1.54) is 30.5 Å². The van der Waals surface area contributed by atoms with E-state index in [0.29, 0.717) is 17.9 Å². The lowest BCUT2D eigenvalue weighted by molar-refractivity contribution is -0.127. The van der Waals surface area contributed by atoms with E-state index in [0.717, 1.165) is 25.8 Å². The van der Waals surface area contributed by atoms with Gasteiger partial charge in [0.15, 0.2) is 0 Å². The Labute approximate surface area is 114 Å². The van der Waals surface area contributed by atoms with Crippen LogP contribution in [-0.4, -0.2) is 32.5 Å². The summed E-state index contributed by atoms with van der Waals surface area (Å²) >= 11 is 0. The predicted octanol–water partition coefficient (Wildman–Crippen LogP) is 2.07. The van der Waals surface area contributed by atoms with Gasteiger partial charge in [-0.3, -0.25) is 14.4 Å². The molecule has 1 aromatic heterocycles. The molecule has 19 heavy (non-hydrogen) atoms. The van der Waals surface area contributed by atoms with E-state index in [1.807, 2.05) is 11.7 Å². The molecule has 0 amide bonds. The van der Waals surface area contributed by atoms with Crippen LogP contribution in [0.2, 0.25) is 0 Å². The number of aromatic nitrogens is 2. The third-order valence-corrected chi connectivity index (χ3v) is 4.62. The SMILES string of the molecule is CCc1nn(C)cc1CN1C2CCCC1CC(=O)C2. The Morgan fingerprint density at radius 3 is 2.63 bits per heavy atom. The van der Waals surface area contributed by atoms with Crippen molar-refractivity contribution in [3.63, 3.8) is 0 Å². The van der Waals surface area contributed by atoms with E-state index >= 15 is 0 Å². The van der Waals surface area contributed by atoms with Gasteiger partial charge in [-0.25, -0.2) is 0 Å². The molecule has 2 fully saturated rings. The van der Waals surface area contributed by atoms with Gasteiger partial charge < -0.3 is 0 Å². The summed E-state index contributed by atoms with van der Waals surface area (Å²) < 4.78 is 1.92. The minimum Gasteiger partial charge on any atom is -0.300 e. The van der Waals surface area contributed by atoms with Crippen LogP contribution < -0.4 is 0 Å². The fraction of sp³-hybridized carbons (Fsp3) is 0.733. The Hall–Kier alpha value is -1.16. The number of fused-ring (bicyclic) bond motifs is 2. The first-order valence-electron chi connectivity index (χ1n) is 7.46. The average Bonchev–Trinajstić information content (AvgIpc) is 2.71. The van der Waals surface area contributed by atoms with E-state index < -0.39 is 0 Å². The van der Waals surface area contributed by atoms with Crippen molar-refractivity contribution < 1.29 is 4.79 Å². The maximum atomic E-state index is 11.8. The summed E-state index contributed by atoms with van der Waals surface area (Å²) in [7, 11) is 1.99. The molecule has 0 saturated carbocycles. The smallest absolute Gasteiger partial charge is 0.136 e. The van der Waals surface area contributed by atoms with Gasteiger partial charge in [-0.1, -0.05) is 13.3 Å². The van der Waals surface area contributed by atoms with Gasteiger partial charge in [0.1, 0.15) is 5.78 Å². The summed E-state index contributed by atoms with van der Waals surface area (Å²) in [6.45, 7) is 3.13. The van der Waals surface area contributed by atoms with Gasteiger partial charge in [-0.05, 0) is 19.3 Å². The highest BCUT2D eigenvalue weighted by Gasteiger charge is 2.37. The molecule has 1 aromatic rings. The fourth-order valence-corrected chi connectivity index (χ4v) is 3.73. The van der Waals surface area contributed by atoms with Gasteiger partial charge in [0.05, 0.1) is 5.69 Å². The van der Waals surface area contributed by atoms with Crippen LogP contribution >= 0.6 is 0 Å². The molecule has 0 aromatic carbocycles. The van der Waals surface area contributed by atoms with Gasteiger partial charge in [-0.15, -0.1) is 0 Å². The molecule has 0 aliphatic carbocycles. The Morgan fingerprint density at radius 1 is 1.32 bits per heavy atom. The maximum absolute atomic E-state index is 11.8. The van der Waals surface area contributed by atoms with Crippen molar-refractivity contribution in [3.8, 4) is 0 Å². The molecule has 104 valence electrons. The van der Waals surface area contributed by atoms with Crippen molar-refractivity contribution in [2.75, 3.05) is 0 Å². The molecule has 2 unspecified atom stereocenters. The van der Waals surface area contributed by atoms with Crippen LogP contribution in [0.5, 0.6) is 0 Å². The number of aryl methyl sites for hydroxylation is 2. The van der Waals surface area contributed by atoms with Crippen LogP contribution in [0.15, 0.2) is 6.20 Å². The molecule has 0 spiro atoms. The Morgan fingerprint density at radius 2 is 2.00 bits per heavy atom. The summed E-state index contributed by atoms with van der Waals surface area (Å²) in [5.74, 6) is 0.466. The number of hydrogen-bond donors (Lipinski definition) is 0. The maximum Gasteiger partial charge on any atom is 0.136 e. The summed E-state index contributed by atoms with van der Waals surface area (Å²) in [6.07, 6.45) is 8.31. The third-order valence-electron chi connectivity index (χ3n) is 4.62. The molecule has 2 atom stereocenters. The van der Waals surface area contributed by atoms with Crippen molar-refractivity contribution >= 4 is 5.78 Å². The lowest BCUT2D eigenvalue weighted by Gasteiger charge is -2.45. The van der Waals surface area contributed by atoms with Crippen LogP contribution in [0.1, 0.15) is 50.3 Å². The molecule has 4 heteroatoms. The van der Waals surface area contributed by atoms with Crippen LogP contribution in [-0.2, 0) is 24.8 Å². The largest absolute Gasteiger partial charge is 0.300 e. The number of carbonyl (C=O) groups is 1. The van der Waals surface area contributed by atoms with Gasteiger partial charge in [-0.2, -0.15) is 5.10 Å². The van der Waals surface area contributed by atoms with Gasteiger partial charge >= 0.3 is 0 Å². The highest BCUT2D eigenvalue weighted by atomic mass is 16.1. The molecule has 2 bridgehead atoms. The predicted molar refractivity (Wildman–Crippen MR) is 73.8 cm³/mol. The van der Waals surface area contributed by atoms with Crippen molar-refractivity contribution in [3.05, 3.63) is 17.5 Å². The molecule has 0 radical (unpaired) electrons. The minimum absolute atomic E-state index is 0.466. The number of hydrogen-bond acceptors (Lipinski definition) is 3. The number of rotatable bonds is 3. The monoisotopic (exact) mass is 261 g/mol. The number of carbonyl (C=O) groups excluding carboxylic acids is 1. The van der Waals surface area contributed by atoms with Crippen molar-refractivity contribution in [2.24, 2.45) is 7.05 Å². The molecule has 2 saturated heterocycles. The second-order valence-electron chi connectivity index (χ2n) is 5.99. The average molecular weight is 261 g/mol. The first-order chi connectivity index (χ1) is 9.17. The van der Waals surface area contributed by atoms with Gasteiger partial charge in [0.25, 0.3) is 0 Å². The number of Topliss-reactive ketones (excluding diaryl/α,β-unsaturated/α-hetero) is 1. The minimum atomic E-state index is 0.466. The van der Waals surface area contributed by atoms with E-state index in [4.69, 9.17) is 0 Å². The molecule has 3 rings (SSSR count). The molecule has 2 aliphatic heterocycles. The molecular formula is C15H23N3O. The Bertz CT molecular complexity index is 464. The van der Waals surface area contributed by atoms with E-state index in [2.05, 4.69) is 23.1 Å². The van der Waals surface area contributed by atoms with E-state index in [9.17, 15) is 4.79 Å². The molecule has 3 heterocycles. The lowest BCUT2D eigenvalue weighted by Crippen LogP contribution is -2.51. The standard InChI is InChI=1S/C15H23N3O/c1-3-15-11(9-17(2)16-15)10-18-12-5-4-6-13(18)8-14(19)7-12/h9,12-13H,3-8,10H2,1-2H3. The van der Waals surface area contributed by atoms with Crippen molar-refractivity contribution in [2.45, 2.75) is 64.1 Å². The van der Waals surface area contributed by atoms with Gasteiger partial charge in [0, 0.05) is 50.3 Å². The van der Waals surface area contributed by atoms with E-state index in [-0.39, 0.29) is 0 Å². The van der Waals surface area contributed by atoms with E-state index in [1.54, 1.807) is 0 Å². The molecule has 4 nitrogen and oxygen atoms in total. The zero-order valence-corrected chi connectivity index (χ0v) is 11.9. The summed E-state index contributed by atoms with van der Waals surface area (Å²) in [5.41, 5.74) is 2.55. The summed E-state index contributed by atoms with van der Waals surface area (Å²) in [6, 6.07) is 0.954. The number of piperidine rings is 2. The molecule has 0 N–H and O–H groups in total. The van der Waals surface area contributed by atoms with Crippen LogP contribution in [0.4, 0.5) is 0 Å². The summed E-state index contributed by atoms with van der Waals surface area (Å²) in [5, 5.41) is 4.53. The number of ketones is 1. The first kappa shape index (κ1) is 12.9. The topological polar surface area (TPSA) is 38.1 Å². The quantitative estimate of drug-likeness (QED) is 0.836. The normalized spacial score (nSPS) is 27.8. The zero-order chi connectivity index (χ0) is 13.4. The van der Waals surface area contributed by atoms with Crippen molar-refractivity contribution in [1.29, 1.82) is 0 Å². The highest BCUT2D eigenvalue weighted by molar-refractivity contribution is 5.80. The fourth-order valence-electron chi connectivity index (χ4n) is 3.73. The zero-order valence-electron chi connectivity index (χ0n) is 11.9. The summed E-state index contributed by atoms with van der Waals surface area (Å²) in [4.78, 5) is 14.3. The third kappa shape index (κ3) is 2.46. The Kier molecular flexibility index (Phi) is 3.44. The van der Waals surface area contributed by atoms with Gasteiger partial charge in [0.2, 0.25) is 0 Å². The second-order valence-corrected chi connectivity index (χ2v) is 5.99. The second kappa shape index (κ2) is 5.08. The van der Waals surface area contributed by atoms with Crippen LogP contribution in [0, 0.1) is 0 Å². The molecular weight excluding hydrogens is 238 g/mol. The first-order valence-corrected chi connectivity index (χ1v) is 7.46. The number of nitrogens with zero attached hydrogens (tertiary/aromatic N) is 3. The van der Waals surface area contributed by atoms with Crippen LogP contribution in [0.25, 0.3) is 0 Å². The molecule has 2 aliphatic rings. The van der Waals surface area contributed by atoms with Crippen molar-refractivity contribution in [1.82, 2.24) is 14.7 Å². The lowest BCUT2D eigenvalue weighted by atomic mass is 9.83.